The number of hydrogen-bond acceptors (Lipinski definition) is 10. The summed E-state index contributed by atoms with van der Waals surface area (Å²) in [4.78, 5) is 2.13. The molecule has 0 spiro atoms. The highest BCUT2D eigenvalue weighted by Gasteiger charge is 2.27. The average Bonchev–Trinajstić information content (AvgIpc) is 3.33. The smallest absolute Gasteiger partial charge is 0.137 e. The lowest BCUT2D eigenvalue weighted by molar-refractivity contribution is 0.223. The van der Waals surface area contributed by atoms with Crippen LogP contribution in [0.25, 0.3) is 18.2 Å². The Morgan fingerprint density at radius 3 is 0.786 bits per heavy atom. The van der Waals surface area contributed by atoms with Crippen LogP contribution in [0.15, 0.2) is 195 Å². The lowest BCUT2D eigenvalue weighted by Crippen LogP contribution is -2.15. The van der Waals surface area contributed by atoms with Crippen molar-refractivity contribution in [2.45, 2.75) is 62.3 Å². The number of benzene rings is 3. The van der Waals surface area contributed by atoms with Crippen LogP contribution in [0, 0.1) is 84.2 Å². The average molecular weight is 918 g/mol. The quantitative estimate of drug-likeness (QED) is 0.188. The molecule has 3 aromatic carbocycles. The minimum Gasteiger partial charge on any atom is -0.461 e. The Labute approximate surface area is 411 Å². The maximum absolute atomic E-state index is 9.60. The molecule has 0 aromatic heterocycles. The summed E-state index contributed by atoms with van der Waals surface area (Å²) in [5.41, 5.74) is 5.77. The molecule has 0 atom stereocenters. The molecule has 0 fully saturated rings. The third kappa shape index (κ3) is 12.4. The molecule has 10 heteroatoms. The molecular formula is C60H51N7O3. The van der Waals surface area contributed by atoms with Crippen LogP contribution >= 0.6 is 0 Å². The normalized spacial score (nSPS) is 14.9. The molecule has 0 aliphatic carbocycles. The summed E-state index contributed by atoms with van der Waals surface area (Å²) in [6.45, 7) is 18.1. The summed E-state index contributed by atoms with van der Waals surface area (Å²) in [7, 11) is 0. The van der Waals surface area contributed by atoms with Crippen LogP contribution in [0.4, 0.5) is 17.1 Å². The number of anilines is 3. The molecule has 6 rings (SSSR count). The van der Waals surface area contributed by atoms with Gasteiger partial charge in [0.05, 0.1) is 0 Å². The lowest BCUT2D eigenvalue weighted by Gasteiger charge is -2.27. The van der Waals surface area contributed by atoms with Gasteiger partial charge >= 0.3 is 0 Å². The van der Waals surface area contributed by atoms with E-state index in [1.807, 2.05) is 208 Å². The van der Waals surface area contributed by atoms with E-state index in [1.165, 1.54) is 0 Å². The molecule has 3 aliphatic heterocycles. The number of allylic oxidation sites excluding steroid dienone is 18. The highest BCUT2D eigenvalue weighted by Crippen LogP contribution is 2.39. The molecule has 0 N–H and O–H groups in total. The topological polar surface area (TPSA) is 174 Å². The fourth-order valence-corrected chi connectivity index (χ4v) is 7.00. The van der Waals surface area contributed by atoms with E-state index >= 15 is 0 Å². The molecular weight excluding hydrogens is 867 g/mol. The maximum Gasteiger partial charge on any atom is 0.137 e. The number of ether oxygens (including phenoxy) is 3. The molecule has 0 saturated carbocycles. The molecule has 0 unspecified atom stereocenters. The molecule has 3 aromatic rings. The van der Waals surface area contributed by atoms with Gasteiger partial charge in [-0.2, -0.15) is 31.6 Å². The van der Waals surface area contributed by atoms with Crippen LogP contribution in [0.2, 0.25) is 0 Å². The molecule has 3 heterocycles. The Morgan fingerprint density at radius 1 is 0.357 bits per heavy atom. The first-order valence-electron chi connectivity index (χ1n) is 22.4. The summed E-state index contributed by atoms with van der Waals surface area (Å²) in [6.07, 6.45) is 21.5. The van der Waals surface area contributed by atoms with Gasteiger partial charge in [-0.1, -0.05) is 117 Å². The van der Waals surface area contributed by atoms with Gasteiger partial charge in [-0.25, -0.2) is 0 Å². The Kier molecular flexibility index (Phi) is 15.1. The Hall–Kier alpha value is -9.32. The SMILES string of the molecule is CC(C)(C)C1=CC(=C(C#N)C#N)C=C(/C=C/c2ccc(N(c3ccc(/C=C/C4=CC(=C(C#N)C#N)C=C(C(C)(C)C)O4)cc3)c3ccc(/C=C/C4=CC(=C(C#N)C#N)C=C(C(C)(C)C)O4)cc3)cc2)O1. The first-order valence-corrected chi connectivity index (χ1v) is 22.4. The van der Waals surface area contributed by atoms with Crippen molar-refractivity contribution in [1.29, 1.82) is 31.6 Å². The summed E-state index contributed by atoms with van der Waals surface area (Å²) in [5.74, 6) is 3.45. The van der Waals surface area contributed by atoms with Crippen molar-refractivity contribution in [3.63, 3.8) is 0 Å². The molecule has 3 aliphatic rings. The van der Waals surface area contributed by atoms with E-state index in [-0.39, 0.29) is 33.0 Å². The van der Waals surface area contributed by atoms with E-state index in [2.05, 4.69) is 4.90 Å². The van der Waals surface area contributed by atoms with E-state index < -0.39 is 0 Å². The van der Waals surface area contributed by atoms with Gasteiger partial charge < -0.3 is 19.1 Å². The maximum atomic E-state index is 9.60. The molecule has 344 valence electrons. The molecule has 70 heavy (non-hydrogen) atoms. The fourth-order valence-electron chi connectivity index (χ4n) is 7.00. The first-order chi connectivity index (χ1) is 33.3. The molecule has 0 saturated heterocycles. The van der Waals surface area contributed by atoms with Gasteiger partial charge in [-0.15, -0.1) is 0 Å². The van der Waals surface area contributed by atoms with Crippen LogP contribution in [0.5, 0.6) is 0 Å². The largest absolute Gasteiger partial charge is 0.461 e. The zero-order valence-corrected chi connectivity index (χ0v) is 40.7. The highest BCUT2D eigenvalue weighted by atomic mass is 16.5. The number of hydrogen-bond donors (Lipinski definition) is 0. The first kappa shape index (κ1) is 50.1. The van der Waals surface area contributed by atoms with E-state index in [0.29, 0.717) is 51.3 Å². The highest BCUT2D eigenvalue weighted by molar-refractivity contribution is 5.78. The van der Waals surface area contributed by atoms with Crippen LogP contribution in [-0.4, -0.2) is 0 Å². The van der Waals surface area contributed by atoms with Crippen molar-refractivity contribution in [1.82, 2.24) is 0 Å². The van der Waals surface area contributed by atoms with Gasteiger partial charge in [0.25, 0.3) is 0 Å². The number of nitriles is 6. The second-order valence-electron chi connectivity index (χ2n) is 19.5. The van der Waals surface area contributed by atoms with Crippen molar-refractivity contribution >= 4 is 35.3 Å². The summed E-state index contributed by atoms with van der Waals surface area (Å²) >= 11 is 0. The minimum absolute atomic E-state index is 0.00951. The Bertz CT molecular complexity index is 2840. The Balaban J connectivity index is 1.33. The second-order valence-corrected chi connectivity index (χ2v) is 19.5. The van der Waals surface area contributed by atoms with E-state index in [1.54, 1.807) is 36.5 Å². The van der Waals surface area contributed by atoms with Crippen molar-refractivity contribution in [2.75, 3.05) is 4.90 Å². The minimum atomic E-state index is -0.362. The molecule has 10 nitrogen and oxygen atoms in total. The van der Waals surface area contributed by atoms with Crippen molar-refractivity contribution in [3.8, 4) is 36.4 Å². The van der Waals surface area contributed by atoms with Crippen LogP contribution < -0.4 is 4.90 Å². The summed E-state index contributed by atoms with van der Waals surface area (Å²) in [6, 6.07) is 36.1. The van der Waals surface area contributed by atoms with Crippen LogP contribution in [-0.2, 0) is 14.2 Å². The van der Waals surface area contributed by atoms with E-state index in [9.17, 15) is 31.6 Å². The second kappa shape index (κ2) is 21.1. The standard InChI is InChI=1S/C60H51N7O3/c1-58(2,3)55-31-43(46(34-61)35-62)28-52(68-55)25-16-40-10-19-49(20-11-40)67(50-21-12-41(13-22-50)17-26-53-29-44(47(36-63)37-64)32-56(69-53)59(4,5)6)51-23-14-42(15-24-51)18-27-54-30-45(48(38-65)39-66)33-57(70-54)60(7,8)9/h10-33H,1-9H3/b25-16+,26-17+,27-18+. The molecule has 0 bridgehead atoms. The van der Waals surface area contributed by atoms with Crippen molar-refractivity contribution in [2.24, 2.45) is 16.2 Å². The van der Waals surface area contributed by atoms with Crippen LogP contribution in [0.3, 0.4) is 0 Å². The predicted molar refractivity (Wildman–Crippen MR) is 273 cm³/mol. The summed E-state index contributed by atoms with van der Waals surface area (Å²) < 4.78 is 18.6. The van der Waals surface area contributed by atoms with Gasteiger partial charge in [0.1, 0.15) is 87.7 Å². The third-order valence-electron chi connectivity index (χ3n) is 11.0. The zero-order valence-electron chi connectivity index (χ0n) is 40.7. The fraction of sp³-hybridized carbons (Fsp3) is 0.200. The number of rotatable bonds is 9. The predicted octanol–water partition coefficient (Wildman–Crippen LogP) is 14.8. The molecule has 0 amide bonds. The van der Waals surface area contributed by atoms with Gasteiger partial charge in [0.2, 0.25) is 0 Å². The lowest BCUT2D eigenvalue weighted by atomic mass is 9.90. The zero-order chi connectivity index (χ0) is 50.8. The van der Waals surface area contributed by atoms with Gasteiger partial charge in [0.15, 0.2) is 0 Å². The van der Waals surface area contributed by atoms with Gasteiger partial charge in [-0.3, -0.25) is 0 Å². The third-order valence-corrected chi connectivity index (χ3v) is 11.0. The van der Waals surface area contributed by atoms with E-state index in [0.717, 1.165) is 33.8 Å². The monoisotopic (exact) mass is 917 g/mol. The van der Waals surface area contributed by atoms with Crippen LogP contribution in [0.1, 0.15) is 79.0 Å². The number of nitrogens with zero attached hydrogens (tertiary/aromatic N) is 7. The summed E-state index contributed by atoms with van der Waals surface area (Å²) in [5, 5.41) is 57.6. The molecule has 0 radical (unpaired) electrons. The Morgan fingerprint density at radius 2 is 0.586 bits per heavy atom. The van der Waals surface area contributed by atoms with Crippen molar-refractivity contribution in [3.05, 3.63) is 212 Å². The van der Waals surface area contributed by atoms with Gasteiger partial charge in [-0.05, 0) is 108 Å². The van der Waals surface area contributed by atoms with E-state index in [4.69, 9.17) is 14.2 Å². The van der Waals surface area contributed by atoms with Crippen molar-refractivity contribution < 1.29 is 14.2 Å². The van der Waals surface area contributed by atoms with Gasteiger partial charge in [0, 0.05) is 50.0 Å².